The van der Waals surface area contributed by atoms with Crippen LogP contribution < -0.4 is 4.90 Å². The number of likely N-dealkylation sites (tertiary alicyclic amines) is 1. The van der Waals surface area contributed by atoms with Crippen molar-refractivity contribution in [3.05, 3.63) is 41.9 Å². The number of aliphatic hydroxyl groups excluding tert-OH is 1. The average molecular weight is 614 g/mol. The summed E-state index contributed by atoms with van der Waals surface area (Å²) in [5, 5.41) is 10.7. The van der Waals surface area contributed by atoms with Gasteiger partial charge >= 0.3 is 5.97 Å². The van der Waals surface area contributed by atoms with Crippen molar-refractivity contribution in [3.63, 3.8) is 0 Å². The number of hydrogen-bond acceptors (Lipinski definition) is 6. The van der Waals surface area contributed by atoms with Crippen LogP contribution in [-0.2, 0) is 19.1 Å². The monoisotopic (exact) mass is 612 g/mol. The largest absolute Gasteiger partial charge is 0.466 e. The van der Waals surface area contributed by atoms with Gasteiger partial charge in [0.05, 0.1) is 46.5 Å². The molecule has 2 bridgehead atoms. The minimum atomic E-state index is -0.883. The summed E-state index contributed by atoms with van der Waals surface area (Å²) in [5.74, 6) is -2.15. The third kappa shape index (κ3) is 4.74. The van der Waals surface area contributed by atoms with Crippen molar-refractivity contribution in [2.45, 2.75) is 60.5 Å². The fraction of sp³-hybridized carbons (Fsp3) is 0.593. The number of benzene rings is 1. The van der Waals surface area contributed by atoms with E-state index in [1.807, 2.05) is 13.8 Å². The summed E-state index contributed by atoms with van der Waals surface area (Å²) < 4.78 is 4.58. The second-order valence-corrected chi connectivity index (χ2v) is 13.4. The van der Waals surface area contributed by atoms with Gasteiger partial charge in [0.25, 0.3) is 5.91 Å². The molecule has 3 aliphatic heterocycles. The molecular formula is C27H34BrClN2O5S. The van der Waals surface area contributed by atoms with Crippen LogP contribution in [0.4, 0.5) is 5.69 Å². The quantitative estimate of drug-likeness (QED) is 0.241. The first-order valence-corrected chi connectivity index (χ1v) is 14.9. The zero-order valence-corrected chi connectivity index (χ0v) is 24.5. The number of rotatable bonds is 10. The molecule has 0 radical (unpaired) electrons. The molecule has 0 aliphatic carbocycles. The predicted octanol–water partition coefficient (Wildman–Crippen LogP) is 4.29. The third-order valence-electron chi connectivity index (χ3n) is 7.59. The molecule has 1 spiro atoms. The zero-order chi connectivity index (χ0) is 27.1. The van der Waals surface area contributed by atoms with Crippen molar-refractivity contribution in [2.24, 2.45) is 17.8 Å². The van der Waals surface area contributed by atoms with E-state index in [-0.39, 0.29) is 47.6 Å². The molecule has 37 heavy (non-hydrogen) atoms. The Morgan fingerprint density at radius 1 is 1.41 bits per heavy atom. The Morgan fingerprint density at radius 3 is 2.70 bits per heavy atom. The van der Waals surface area contributed by atoms with Crippen LogP contribution in [0.15, 0.2) is 36.9 Å². The second-order valence-electron chi connectivity index (χ2n) is 10.3. The number of nitrogens with zero attached hydrogens (tertiary/aromatic N) is 2. The molecule has 1 aromatic rings. The van der Waals surface area contributed by atoms with Crippen LogP contribution in [0.3, 0.4) is 0 Å². The second kappa shape index (κ2) is 11.3. The molecular weight excluding hydrogens is 580 g/mol. The highest BCUT2D eigenvalue weighted by molar-refractivity contribution is 9.09. The summed E-state index contributed by atoms with van der Waals surface area (Å²) in [4.78, 5) is 45.1. The Kier molecular flexibility index (Phi) is 8.68. The number of aliphatic hydroxyl groups is 1. The van der Waals surface area contributed by atoms with E-state index in [1.165, 1.54) is 0 Å². The number of para-hydroxylation sites is 1. The highest BCUT2D eigenvalue weighted by atomic mass is 79.9. The van der Waals surface area contributed by atoms with Crippen LogP contribution >= 0.6 is 39.3 Å². The van der Waals surface area contributed by atoms with E-state index in [4.69, 9.17) is 16.3 Å². The fourth-order valence-corrected chi connectivity index (χ4v) is 10.1. The van der Waals surface area contributed by atoms with Crippen molar-refractivity contribution in [2.75, 3.05) is 24.7 Å². The van der Waals surface area contributed by atoms with Gasteiger partial charge < -0.3 is 19.6 Å². The van der Waals surface area contributed by atoms with Crippen molar-refractivity contribution in [1.29, 1.82) is 0 Å². The molecule has 3 aliphatic rings. The number of carbonyl (C=O) groups excluding carboxylic acids is 3. The van der Waals surface area contributed by atoms with E-state index >= 15 is 0 Å². The SMILES string of the molecule is C=CCN(C(=O)C1N([C@@H](CO)CC(C)C)C(=O)[C@@H]2[C@@H](C(=O)OCC)[C@@H]3SC12CC3Br)c1ccccc1Cl. The fourth-order valence-electron chi connectivity index (χ4n) is 6.32. The topological polar surface area (TPSA) is 87.2 Å². The Balaban J connectivity index is 1.86. The van der Waals surface area contributed by atoms with E-state index in [0.29, 0.717) is 23.6 Å². The number of alkyl halides is 1. The van der Waals surface area contributed by atoms with Gasteiger partial charge in [-0.15, -0.1) is 18.3 Å². The summed E-state index contributed by atoms with van der Waals surface area (Å²) in [5.41, 5.74) is 0.528. The molecule has 3 unspecified atom stereocenters. The number of thioether (sulfide) groups is 1. The molecule has 3 fully saturated rings. The Bertz CT molecular complexity index is 1070. The third-order valence-corrected chi connectivity index (χ3v) is 11.1. The first-order valence-electron chi connectivity index (χ1n) is 12.7. The minimum Gasteiger partial charge on any atom is -0.466 e. The minimum absolute atomic E-state index is 0.0583. The van der Waals surface area contributed by atoms with Gasteiger partial charge in [-0.2, -0.15) is 0 Å². The van der Waals surface area contributed by atoms with E-state index in [1.54, 1.807) is 58.8 Å². The van der Waals surface area contributed by atoms with Crippen LogP contribution in [0.2, 0.25) is 5.02 Å². The lowest BCUT2D eigenvalue weighted by molar-refractivity contribution is -0.154. The van der Waals surface area contributed by atoms with Gasteiger partial charge in [0.15, 0.2) is 0 Å². The van der Waals surface area contributed by atoms with Crippen LogP contribution in [0.25, 0.3) is 0 Å². The maximum absolute atomic E-state index is 14.6. The molecule has 2 amide bonds. The number of amides is 2. The molecule has 7 nitrogen and oxygen atoms in total. The smallest absolute Gasteiger partial charge is 0.310 e. The molecule has 202 valence electrons. The van der Waals surface area contributed by atoms with Gasteiger partial charge in [-0.05, 0) is 37.8 Å². The standard InChI is InChI=1S/C27H34BrClN2O5S/c1-5-11-30(19-10-8-7-9-18(19)29)25(34)23-27-13-17(28)22(37-27)20(26(35)36-6-2)21(27)24(33)31(23)16(14-32)12-15(3)4/h5,7-10,15-17,20-23,32H,1,6,11-14H2,2-4H3/t16-,17?,20-,21+,22-,23?,27?/m1/s1. The van der Waals surface area contributed by atoms with Crippen LogP contribution in [0.1, 0.15) is 33.6 Å². The average Bonchev–Trinajstić information content (AvgIpc) is 3.44. The summed E-state index contributed by atoms with van der Waals surface area (Å²) in [7, 11) is 0. The first kappa shape index (κ1) is 28.5. The van der Waals surface area contributed by atoms with E-state index in [9.17, 15) is 19.5 Å². The number of halogens is 2. The summed E-state index contributed by atoms with van der Waals surface area (Å²) in [6.45, 7) is 9.75. The van der Waals surface area contributed by atoms with Gasteiger partial charge in [0.2, 0.25) is 5.91 Å². The predicted molar refractivity (Wildman–Crippen MR) is 150 cm³/mol. The zero-order valence-electron chi connectivity index (χ0n) is 21.3. The Hall–Kier alpha value is -1.55. The number of esters is 1. The highest BCUT2D eigenvalue weighted by Gasteiger charge is 2.76. The highest BCUT2D eigenvalue weighted by Crippen LogP contribution is 2.68. The molecule has 1 aromatic carbocycles. The first-order chi connectivity index (χ1) is 17.6. The molecule has 0 saturated carbocycles. The number of hydrogen-bond donors (Lipinski definition) is 1. The van der Waals surface area contributed by atoms with Crippen molar-refractivity contribution < 1.29 is 24.2 Å². The number of fused-ring (bicyclic) bond motifs is 1. The van der Waals surface area contributed by atoms with Crippen molar-refractivity contribution in [3.8, 4) is 0 Å². The number of ether oxygens (including phenoxy) is 1. The van der Waals surface area contributed by atoms with E-state index in [2.05, 4.69) is 22.5 Å². The normalized spacial score (nSPS) is 30.9. The molecule has 3 heterocycles. The molecule has 7 atom stereocenters. The van der Waals surface area contributed by atoms with Gasteiger partial charge in [-0.25, -0.2) is 0 Å². The van der Waals surface area contributed by atoms with Crippen LogP contribution in [0, 0.1) is 17.8 Å². The van der Waals surface area contributed by atoms with E-state index < -0.39 is 34.6 Å². The van der Waals surface area contributed by atoms with Gasteiger partial charge in [-0.1, -0.05) is 59.6 Å². The maximum Gasteiger partial charge on any atom is 0.310 e. The Morgan fingerprint density at radius 2 is 2.11 bits per heavy atom. The lowest BCUT2D eigenvalue weighted by atomic mass is 9.71. The molecule has 4 rings (SSSR count). The summed E-state index contributed by atoms with van der Waals surface area (Å²) >= 11 is 11.8. The number of carbonyl (C=O) groups is 3. The molecule has 10 heteroatoms. The van der Waals surface area contributed by atoms with Crippen molar-refractivity contribution in [1.82, 2.24) is 4.90 Å². The van der Waals surface area contributed by atoms with E-state index in [0.717, 1.165) is 0 Å². The van der Waals surface area contributed by atoms with Crippen LogP contribution in [0.5, 0.6) is 0 Å². The number of anilines is 1. The van der Waals surface area contributed by atoms with Crippen molar-refractivity contribution >= 4 is 62.8 Å². The molecule has 3 saturated heterocycles. The van der Waals surface area contributed by atoms with Gasteiger partial charge in [0, 0.05) is 16.6 Å². The summed E-state index contributed by atoms with van der Waals surface area (Å²) in [6.07, 6.45) is 2.70. The lowest BCUT2D eigenvalue weighted by Crippen LogP contribution is -2.58. The Labute approximate surface area is 236 Å². The molecule has 1 N–H and O–H groups in total. The van der Waals surface area contributed by atoms with Crippen LogP contribution in [-0.4, -0.2) is 74.5 Å². The maximum atomic E-state index is 14.6. The molecule has 0 aromatic heterocycles. The van der Waals surface area contributed by atoms with Gasteiger partial charge in [-0.3, -0.25) is 14.4 Å². The summed E-state index contributed by atoms with van der Waals surface area (Å²) in [6, 6.07) is 5.64. The van der Waals surface area contributed by atoms with Gasteiger partial charge in [0.1, 0.15) is 6.04 Å². The lowest BCUT2D eigenvalue weighted by Gasteiger charge is -2.40.